The molecule has 0 aliphatic heterocycles. The van der Waals surface area contributed by atoms with Crippen molar-refractivity contribution < 1.29 is 4.79 Å². The fraction of sp³-hybridized carbons (Fsp3) is 0.154. The number of carbonyl (C=O) groups is 1. The summed E-state index contributed by atoms with van der Waals surface area (Å²) in [7, 11) is 0. The number of thiophene rings is 1. The third-order valence-corrected chi connectivity index (χ3v) is 4.64. The molecule has 0 unspecified atom stereocenters. The fourth-order valence-electron chi connectivity index (χ4n) is 1.56. The molecule has 1 heterocycles. The number of aryl methyl sites for hydroxylation is 2. The summed E-state index contributed by atoms with van der Waals surface area (Å²) in [6.07, 6.45) is 0. The van der Waals surface area contributed by atoms with Gasteiger partial charge in [-0.05, 0) is 53.5 Å². The summed E-state index contributed by atoms with van der Waals surface area (Å²) in [6, 6.07) is 7.43. The largest absolute Gasteiger partial charge is 0.288 e. The van der Waals surface area contributed by atoms with Crippen molar-refractivity contribution in [2.24, 2.45) is 0 Å². The van der Waals surface area contributed by atoms with E-state index in [-0.39, 0.29) is 5.78 Å². The lowest BCUT2D eigenvalue weighted by atomic mass is 10.1. The third-order valence-electron chi connectivity index (χ3n) is 2.39. The maximum atomic E-state index is 12.3. The van der Waals surface area contributed by atoms with Gasteiger partial charge in [0.15, 0.2) is 0 Å². The van der Waals surface area contributed by atoms with Gasteiger partial charge in [-0.1, -0.05) is 17.7 Å². The topological polar surface area (TPSA) is 17.1 Å². The van der Waals surface area contributed by atoms with E-state index in [1.165, 1.54) is 11.3 Å². The van der Waals surface area contributed by atoms with Crippen molar-refractivity contribution in [3.63, 3.8) is 0 Å². The molecule has 0 aliphatic carbocycles. The molecule has 1 nitrogen and oxygen atoms in total. The molecular formula is C13H10BrClOS. The van der Waals surface area contributed by atoms with E-state index in [1.807, 2.05) is 32.0 Å². The van der Waals surface area contributed by atoms with Crippen LogP contribution < -0.4 is 0 Å². The Hall–Kier alpha value is -0.640. The van der Waals surface area contributed by atoms with Gasteiger partial charge in [0.05, 0.1) is 9.90 Å². The van der Waals surface area contributed by atoms with Crippen LogP contribution in [0.25, 0.3) is 0 Å². The molecule has 17 heavy (non-hydrogen) atoms. The molecule has 0 atom stereocenters. The zero-order chi connectivity index (χ0) is 12.6. The van der Waals surface area contributed by atoms with Crippen LogP contribution in [0.15, 0.2) is 28.7 Å². The van der Waals surface area contributed by atoms with E-state index in [1.54, 1.807) is 6.07 Å². The molecule has 0 N–H and O–H groups in total. The highest BCUT2D eigenvalue weighted by atomic mass is 79.9. The molecule has 88 valence electrons. The number of halogens is 2. The van der Waals surface area contributed by atoms with Gasteiger partial charge in [-0.3, -0.25) is 4.79 Å². The third kappa shape index (κ3) is 2.62. The van der Waals surface area contributed by atoms with Crippen molar-refractivity contribution in [2.75, 3.05) is 0 Å². The van der Waals surface area contributed by atoms with Crippen molar-refractivity contribution in [3.05, 3.63) is 54.6 Å². The van der Waals surface area contributed by atoms with Crippen LogP contribution in [0.3, 0.4) is 0 Å². The zero-order valence-corrected chi connectivity index (χ0v) is 12.5. The second-order valence-electron chi connectivity index (χ2n) is 3.85. The van der Waals surface area contributed by atoms with Gasteiger partial charge in [0.1, 0.15) is 0 Å². The molecule has 0 bridgehead atoms. The first kappa shape index (κ1) is 12.8. The van der Waals surface area contributed by atoms with Crippen molar-refractivity contribution >= 4 is 44.7 Å². The van der Waals surface area contributed by atoms with Crippen LogP contribution in [0.4, 0.5) is 0 Å². The maximum absolute atomic E-state index is 12.3. The van der Waals surface area contributed by atoms with Gasteiger partial charge in [0, 0.05) is 14.9 Å². The Morgan fingerprint density at radius 1 is 1.29 bits per heavy atom. The van der Waals surface area contributed by atoms with Crippen LogP contribution in [0.2, 0.25) is 5.02 Å². The van der Waals surface area contributed by atoms with E-state index in [2.05, 4.69) is 15.9 Å². The molecule has 0 saturated carbocycles. The molecule has 4 heteroatoms. The number of carbonyl (C=O) groups excluding carboxylic acids is 1. The first-order valence-corrected chi connectivity index (χ1v) is 7.04. The number of hydrogen-bond donors (Lipinski definition) is 0. The average molecular weight is 330 g/mol. The van der Waals surface area contributed by atoms with E-state index in [0.717, 1.165) is 14.9 Å². The Kier molecular flexibility index (Phi) is 3.71. The summed E-state index contributed by atoms with van der Waals surface area (Å²) in [6.45, 7) is 3.92. The number of rotatable bonds is 2. The van der Waals surface area contributed by atoms with E-state index >= 15 is 0 Å². The number of ketones is 1. The van der Waals surface area contributed by atoms with Gasteiger partial charge < -0.3 is 0 Å². The summed E-state index contributed by atoms with van der Waals surface area (Å²) in [5, 5.41) is 0.507. The number of benzene rings is 1. The average Bonchev–Trinajstić information content (AvgIpc) is 2.57. The molecule has 2 rings (SSSR count). The summed E-state index contributed by atoms with van der Waals surface area (Å²) in [5.41, 5.74) is 1.60. The Labute approximate surface area is 118 Å². The van der Waals surface area contributed by atoms with E-state index in [4.69, 9.17) is 11.6 Å². The first-order chi connectivity index (χ1) is 7.99. The highest BCUT2D eigenvalue weighted by Gasteiger charge is 2.17. The lowest BCUT2D eigenvalue weighted by Gasteiger charge is -2.03. The van der Waals surface area contributed by atoms with Crippen LogP contribution in [0.1, 0.15) is 25.7 Å². The standard InChI is InChI=1S/C13H10BrClOS/c1-7-3-4-9(11(15)5-7)12(16)13-10(14)6-8(2)17-13/h3-6H,1-2H3. The van der Waals surface area contributed by atoms with Gasteiger partial charge in [-0.25, -0.2) is 0 Å². The monoisotopic (exact) mass is 328 g/mol. The van der Waals surface area contributed by atoms with Crippen LogP contribution in [-0.2, 0) is 0 Å². The summed E-state index contributed by atoms with van der Waals surface area (Å²) < 4.78 is 0.835. The Morgan fingerprint density at radius 3 is 2.53 bits per heavy atom. The smallest absolute Gasteiger partial charge is 0.205 e. The minimum atomic E-state index is -0.0278. The second kappa shape index (κ2) is 4.92. The molecule has 0 saturated heterocycles. The van der Waals surface area contributed by atoms with Crippen LogP contribution >= 0.6 is 38.9 Å². The molecule has 0 amide bonds. The Morgan fingerprint density at radius 2 is 2.00 bits per heavy atom. The lowest BCUT2D eigenvalue weighted by molar-refractivity contribution is 0.104. The van der Waals surface area contributed by atoms with Crippen LogP contribution in [-0.4, -0.2) is 5.78 Å². The predicted molar refractivity (Wildman–Crippen MR) is 76.4 cm³/mol. The molecule has 0 fully saturated rings. The minimum absolute atomic E-state index is 0.0278. The highest BCUT2D eigenvalue weighted by Crippen LogP contribution is 2.31. The van der Waals surface area contributed by atoms with Crippen molar-refractivity contribution in [1.29, 1.82) is 0 Å². The molecule has 2 aromatic rings. The molecule has 0 aliphatic rings. The Balaban J connectivity index is 2.47. The molecule has 0 spiro atoms. The van der Waals surface area contributed by atoms with E-state index < -0.39 is 0 Å². The van der Waals surface area contributed by atoms with Crippen molar-refractivity contribution in [3.8, 4) is 0 Å². The molecule has 0 radical (unpaired) electrons. The fourth-order valence-corrected chi connectivity index (χ4v) is 3.66. The quantitative estimate of drug-likeness (QED) is 0.708. The maximum Gasteiger partial charge on any atom is 0.205 e. The van der Waals surface area contributed by atoms with Gasteiger partial charge in [0.25, 0.3) is 0 Å². The first-order valence-electron chi connectivity index (χ1n) is 5.06. The minimum Gasteiger partial charge on any atom is -0.288 e. The molecular weight excluding hydrogens is 320 g/mol. The number of hydrogen-bond acceptors (Lipinski definition) is 2. The predicted octanol–water partition coefficient (Wildman–Crippen LogP) is 5.01. The van der Waals surface area contributed by atoms with Gasteiger partial charge >= 0.3 is 0 Å². The molecule has 1 aromatic heterocycles. The van der Waals surface area contributed by atoms with Crippen LogP contribution in [0, 0.1) is 13.8 Å². The normalized spacial score (nSPS) is 10.6. The lowest BCUT2D eigenvalue weighted by Crippen LogP contribution is -2.00. The Bertz CT molecular complexity index is 589. The molecule has 1 aromatic carbocycles. The van der Waals surface area contributed by atoms with Gasteiger partial charge in [0.2, 0.25) is 5.78 Å². The zero-order valence-electron chi connectivity index (χ0n) is 9.38. The van der Waals surface area contributed by atoms with E-state index in [0.29, 0.717) is 15.5 Å². The van der Waals surface area contributed by atoms with E-state index in [9.17, 15) is 4.79 Å². The summed E-state index contributed by atoms with van der Waals surface area (Å²) in [4.78, 5) is 14.1. The summed E-state index contributed by atoms with van der Waals surface area (Å²) in [5.74, 6) is -0.0278. The highest BCUT2D eigenvalue weighted by molar-refractivity contribution is 9.10. The van der Waals surface area contributed by atoms with Gasteiger partial charge in [-0.2, -0.15) is 0 Å². The summed E-state index contributed by atoms with van der Waals surface area (Å²) >= 11 is 11.0. The van der Waals surface area contributed by atoms with Crippen molar-refractivity contribution in [2.45, 2.75) is 13.8 Å². The van der Waals surface area contributed by atoms with Gasteiger partial charge in [-0.15, -0.1) is 11.3 Å². The SMILES string of the molecule is Cc1ccc(C(=O)c2sc(C)cc2Br)c(Cl)c1. The van der Waals surface area contributed by atoms with Crippen molar-refractivity contribution in [1.82, 2.24) is 0 Å². The second-order valence-corrected chi connectivity index (χ2v) is 6.36. The van der Waals surface area contributed by atoms with Crippen LogP contribution in [0.5, 0.6) is 0 Å².